The molecule has 1 amide bonds. The van der Waals surface area contributed by atoms with Crippen LogP contribution in [0.2, 0.25) is 0 Å². The van der Waals surface area contributed by atoms with Gasteiger partial charge in [0.2, 0.25) is 0 Å². The van der Waals surface area contributed by atoms with Gasteiger partial charge in [0, 0.05) is 10.2 Å². The number of fused-ring (bicyclic) bond motifs is 1. The van der Waals surface area contributed by atoms with Gasteiger partial charge < -0.3 is 11.1 Å². The molecule has 31 heavy (non-hydrogen) atoms. The van der Waals surface area contributed by atoms with E-state index in [0.717, 1.165) is 16.8 Å². The SMILES string of the molecule is CC1(C)CC(c2cc(F)cc(Br)c2)Nc2ccc(S(=O)(=O)OC3(C(N)=O)CCC3)cc21. The maximum atomic E-state index is 13.9. The van der Waals surface area contributed by atoms with Crippen LogP contribution >= 0.6 is 15.9 Å². The van der Waals surface area contributed by atoms with Crippen molar-refractivity contribution in [1.82, 2.24) is 0 Å². The number of amides is 1. The van der Waals surface area contributed by atoms with Crippen molar-refractivity contribution in [2.24, 2.45) is 5.73 Å². The molecule has 2 aromatic rings. The fourth-order valence-electron chi connectivity index (χ4n) is 4.33. The van der Waals surface area contributed by atoms with Crippen LogP contribution in [0.15, 0.2) is 45.8 Å². The van der Waals surface area contributed by atoms with Crippen LogP contribution in [0.25, 0.3) is 0 Å². The number of nitrogens with two attached hydrogens (primary N) is 1. The first-order chi connectivity index (χ1) is 14.4. The highest BCUT2D eigenvalue weighted by molar-refractivity contribution is 9.10. The summed E-state index contributed by atoms with van der Waals surface area (Å²) in [5, 5.41) is 3.39. The van der Waals surface area contributed by atoms with Crippen LogP contribution < -0.4 is 11.1 Å². The van der Waals surface area contributed by atoms with E-state index in [9.17, 15) is 17.6 Å². The second kappa shape index (κ2) is 7.56. The van der Waals surface area contributed by atoms with E-state index in [-0.39, 0.29) is 16.8 Å². The Morgan fingerprint density at radius 2 is 1.94 bits per heavy atom. The summed E-state index contributed by atoms with van der Waals surface area (Å²) in [4.78, 5) is 11.7. The Hall–Kier alpha value is -1.97. The number of rotatable bonds is 5. The van der Waals surface area contributed by atoms with Crippen molar-refractivity contribution in [3.63, 3.8) is 0 Å². The van der Waals surface area contributed by atoms with Crippen LogP contribution in [0.5, 0.6) is 0 Å². The molecule has 1 atom stereocenters. The molecule has 1 saturated carbocycles. The maximum Gasteiger partial charge on any atom is 0.298 e. The van der Waals surface area contributed by atoms with Gasteiger partial charge in [0.25, 0.3) is 16.0 Å². The van der Waals surface area contributed by atoms with Gasteiger partial charge in [-0.15, -0.1) is 0 Å². The fraction of sp³-hybridized carbons (Fsp3) is 0.409. The first kappa shape index (κ1) is 22.2. The highest BCUT2D eigenvalue weighted by atomic mass is 79.9. The second-order valence-electron chi connectivity index (χ2n) is 8.94. The summed E-state index contributed by atoms with van der Waals surface area (Å²) >= 11 is 3.33. The Morgan fingerprint density at radius 3 is 2.52 bits per heavy atom. The molecular formula is C22H24BrFN2O4S. The normalized spacial score (nSPS) is 21.5. The number of carbonyl (C=O) groups excluding carboxylic acids is 1. The van der Waals surface area contributed by atoms with Gasteiger partial charge >= 0.3 is 0 Å². The zero-order chi connectivity index (χ0) is 22.6. The van der Waals surface area contributed by atoms with Gasteiger partial charge in [-0.3, -0.25) is 4.79 Å². The summed E-state index contributed by atoms with van der Waals surface area (Å²) in [6, 6.07) is 9.36. The van der Waals surface area contributed by atoms with Crippen molar-refractivity contribution in [3.05, 3.63) is 57.8 Å². The molecular weight excluding hydrogens is 487 g/mol. The fourth-order valence-corrected chi connectivity index (χ4v) is 6.07. The van der Waals surface area contributed by atoms with E-state index >= 15 is 0 Å². The molecule has 9 heteroatoms. The molecule has 0 bridgehead atoms. The molecule has 0 saturated heterocycles. The average molecular weight is 511 g/mol. The molecule has 1 heterocycles. The molecule has 2 aliphatic rings. The minimum absolute atomic E-state index is 0.0133. The summed E-state index contributed by atoms with van der Waals surface area (Å²) in [5.74, 6) is -1.08. The Kier molecular flexibility index (Phi) is 5.43. The summed E-state index contributed by atoms with van der Waals surface area (Å²) in [6.45, 7) is 4.03. The second-order valence-corrected chi connectivity index (χ2v) is 11.4. The Bertz CT molecular complexity index is 1140. The van der Waals surface area contributed by atoms with Gasteiger partial charge in [-0.05, 0) is 78.6 Å². The quantitative estimate of drug-likeness (QED) is 0.575. The number of hydrogen-bond donors (Lipinski definition) is 2. The Labute approximate surface area is 189 Å². The number of primary amides is 1. The van der Waals surface area contributed by atoms with Gasteiger partial charge in [-0.1, -0.05) is 29.8 Å². The lowest BCUT2D eigenvalue weighted by molar-refractivity contribution is -0.140. The maximum absolute atomic E-state index is 13.9. The van der Waals surface area contributed by atoms with Crippen LogP contribution in [-0.2, 0) is 24.5 Å². The predicted molar refractivity (Wildman–Crippen MR) is 119 cm³/mol. The van der Waals surface area contributed by atoms with E-state index in [0.29, 0.717) is 30.2 Å². The lowest BCUT2D eigenvalue weighted by Gasteiger charge is -2.40. The number of benzene rings is 2. The van der Waals surface area contributed by atoms with Gasteiger partial charge in [0.15, 0.2) is 5.60 Å². The number of carbonyl (C=O) groups is 1. The monoisotopic (exact) mass is 510 g/mol. The molecule has 3 N–H and O–H groups in total. The van der Waals surface area contributed by atoms with Crippen LogP contribution in [0.1, 0.15) is 56.7 Å². The molecule has 0 aromatic heterocycles. The molecule has 6 nitrogen and oxygen atoms in total. The highest BCUT2D eigenvalue weighted by Crippen LogP contribution is 2.46. The van der Waals surface area contributed by atoms with Crippen molar-refractivity contribution >= 4 is 37.6 Å². The number of anilines is 1. The minimum Gasteiger partial charge on any atom is -0.378 e. The molecule has 1 fully saturated rings. The molecule has 0 radical (unpaired) electrons. The van der Waals surface area contributed by atoms with Crippen molar-refractivity contribution in [3.8, 4) is 0 Å². The third-order valence-electron chi connectivity index (χ3n) is 6.22. The van der Waals surface area contributed by atoms with Gasteiger partial charge in [-0.25, -0.2) is 8.57 Å². The third kappa shape index (κ3) is 4.10. The van der Waals surface area contributed by atoms with Crippen LogP contribution in [0.3, 0.4) is 0 Å². The van der Waals surface area contributed by atoms with Crippen LogP contribution in [0, 0.1) is 5.82 Å². The van der Waals surface area contributed by atoms with E-state index in [1.165, 1.54) is 18.2 Å². The van der Waals surface area contributed by atoms with E-state index in [1.54, 1.807) is 12.1 Å². The molecule has 2 aromatic carbocycles. The summed E-state index contributed by atoms with van der Waals surface area (Å²) in [7, 11) is -4.17. The van der Waals surface area contributed by atoms with Crippen molar-refractivity contribution in [2.75, 3.05) is 5.32 Å². The average Bonchev–Trinajstić information content (AvgIpc) is 2.63. The lowest BCUT2D eigenvalue weighted by atomic mass is 9.74. The largest absolute Gasteiger partial charge is 0.378 e. The summed E-state index contributed by atoms with van der Waals surface area (Å²) in [6.07, 6.45) is 1.91. The van der Waals surface area contributed by atoms with Crippen LogP contribution in [0.4, 0.5) is 10.1 Å². The van der Waals surface area contributed by atoms with Gasteiger partial charge in [-0.2, -0.15) is 8.42 Å². The third-order valence-corrected chi connectivity index (χ3v) is 8.05. The van der Waals surface area contributed by atoms with Crippen molar-refractivity contribution < 1.29 is 21.8 Å². The van der Waals surface area contributed by atoms with Crippen molar-refractivity contribution in [1.29, 1.82) is 0 Å². The molecule has 166 valence electrons. The summed E-state index contributed by atoms with van der Waals surface area (Å²) in [5.41, 5.74) is 5.94. The number of hydrogen-bond acceptors (Lipinski definition) is 5. The van der Waals surface area contributed by atoms with Gasteiger partial charge in [0.05, 0.1) is 10.9 Å². The Morgan fingerprint density at radius 1 is 1.23 bits per heavy atom. The standard InChI is InChI=1S/C22H24BrFN2O4S/c1-21(2)12-19(13-8-14(23)10-15(24)9-13)26-18-5-4-16(11-17(18)21)31(28,29)30-22(20(25)27)6-3-7-22/h4-5,8-11,19,26H,3,6-7,12H2,1-2H3,(H2,25,27). The molecule has 1 aliphatic carbocycles. The number of halogens is 2. The summed E-state index contributed by atoms with van der Waals surface area (Å²) < 4.78 is 45.7. The molecule has 4 rings (SSSR count). The molecule has 0 spiro atoms. The number of nitrogens with one attached hydrogen (secondary N) is 1. The highest BCUT2D eigenvalue weighted by Gasteiger charge is 2.48. The zero-order valence-electron chi connectivity index (χ0n) is 17.2. The van der Waals surface area contributed by atoms with E-state index < -0.39 is 27.0 Å². The van der Waals surface area contributed by atoms with E-state index in [1.807, 2.05) is 19.9 Å². The smallest absolute Gasteiger partial charge is 0.298 e. The van der Waals surface area contributed by atoms with Crippen molar-refractivity contribution in [2.45, 2.75) is 61.5 Å². The Balaban J connectivity index is 1.67. The van der Waals surface area contributed by atoms with E-state index in [4.69, 9.17) is 9.92 Å². The molecule has 1 aliphatic heterocycles. The van der Waals surface area contributed by atoms with Gasteiger partial charge in [0.1, 0.15) is 5.82 Å². The molecule has 1 unspecified atom stereocenters. The first-order valence-electron chi connectivity index (χ1n) is 10.0. The predicted octanol–water partition coefficient (Wildman–Crippen LogP) is 4.54. The zero-order valence-corrected chi connectivity index (χ0v) is 19.6. The first-order valence-corrected chi connectivity index (χ1v) is 12.2. The lowest BCUT2D eigenvalue weighted by Crippen LogP contribution is -2.52. The topological polar surface area (TPSA) is 98.5 Å². The van der Waals surface area contributed by atoms with Crippen LogP contribution in [-0.4, -0.2) is 19.9 Å². The van der Waals surface area contributed by atoms with E-state index in [2.05, 4.69) is 21.2 Å². The minimum atomic E-state index is -4.17.